The van der Waals surface area contributed by atoms with Crippen LogP contribution in [0.1, 0.15) is 19.4 Å². The summed E-state index contributed by atoms with van der Waals surface area (Å²) in [6.07, 6.45) is 3.76. The lowest BCUT2D eigenvalue weighted by atomic mass is 10.0. The Labute approximate surface area is 90.7 Å². The highest BCUT2D eigenvalue weighted by molar-refractivity contribution is 5.85. The third-order valence-corrected chi connectivity index (χ3v) is 2.59. The van der Waals surface area contributed by atoms with Gasteiger partial charge in [0.25, 0.3) is 0 Å². The molecule has 4 heteroatoms. The van der Waals surface area contributed by atoms with Crippen LogP contribution in [-0.4, -0.2) is 35.4 Å². The number of hydrogen-bond acceptors (Lipinski definition) is 2. The number of nitrogens with zero attached hydrogens (tertiary/aromatic N) is 1. The van der Waals surface area contributed by atoms with Crippen LogP contribution < -0.4 is 5.32 Å². The lowest BCUT2D eigenvalue weighted by molar-refractivity contribution is -0.136. The fourth-order valence-electron chi connectivity index (χ4n) is 1.39. The number of carbonyl (C=O) groups excluding carboxylic acids is 1. The third-order valence-electron chi connectivity index (χ3n) is 2.59. The van der Waals surface area contributed by atoms with E-state index in [-0.39, 0.29) is 5.91 Å². The smallest absolute Gasteiger partial charge is 0.242 e. The Hall–Kier alpha value is -1.29. The number of likely N-dealkylation sites (N-methyl/N-ethyl adjacent to an activating group) is 2. The number of carbonyl (C=O) groups is 1. The highest BCUT2D eigenvalue weighted by Gasteiger charge is 2.28. The fraction of sp³-hybridized carbons (Fsp3) is 0.545. The molecule has 15 heavy (non-hydrogen) atoms. The minimum absolute atomic E-state index is 0.0891. The summed E-state index contributed by atoms with van der Waals surface area (Å²) in [4.78, 5) is 16.7. The molecule has 0 unspecified atom stereocenters. The Morgan fingerprint density at radius 1 is 1.60 bits per heavy atom. The van der Waals surface area contributed by atoms with Gasteiger partial charge in [-0.05, 0) is 32.5 Å². The number of rotatable bonds is 4. The predicted molar refractivity (Wildman–Crippen MR) is 60.4 cm³/mol. The van der Waals surface area contributed by atoms with E-state index in [0.717, 1.165) is 5.56 Å². The van der Waals surface area contributed by atoms with E-state index in [2.05, 4.69) is 10.3 Å². The van der Waals surface area contributed by atoms with Crippen LogP contribution in [0.25, 0.3) is 0 Å². The Kier molecular flexibility index (Phi) is 3.52. The van der Waals surface area contributed by atoms with Gasteiger partial charge in [-0.3, -0.25) is 4.79 Å². The molecule has 1 aromatic heterocycles. The van der Waals surface area contributed by atoms with Crippen LogP contribution in [0.15, 0.2) is 18.5 Å². The van der Waals surface area contributed by atoms with Crippen molar-refractivity contribution in [1.82, 2.24) is 15.2 Å². The average Bonchev–Trinajstić information content (AvgIpc) is 2.69. The van der Waals surface area contributed by atoms with E-state index in [1.807, 2.05) is 39.4 Å². The molecule has 1 aromatic rings. The van der Waals surface area contributed by atoms with E-state index in [1.165, 1.54) is 0 Å². The van der Waals surface area contributed by atoms with Crippen LogP contribution >= 0.6 is 0 Å². The molecular formula is C11H19N3O. The largest absolute Gasteiger partial charge is 0.367 e. The molecule has 0 saturated carbocycles. The van der Waals surface area contributed by atoms with Gasteiger partial charge in [0.15, 0.2) is 0 Å². The fourth-order valence-corrected chi connectivity index (χ4v) is 1.39. The molecule has 0 atom stereocenters. The second-order valence-electron chi connectivity index (χ2n) is 4.26. The number of nitrogens with one attached hydrogen (secondary N) is 2. The molecule has 0 fully saturated rings. The average molecular weight is 209 g/mol. The molecular weight excluding hydrogens is 190 g/mol. The third kappa shape index (κ3) is 2.83. The highest BCUT2D eigenvalue weighted by Crippen LogP contribution is 2.09. The van der Waals surface area contributed by atoms with Gasteiger partial charge in [-0.2, -0.15) is 0 Å². The second-order valence-corrected chi connectivity index (χ2v) is 4.26. The molecule has 0 aliphatic heterocycles. The molecule has 0 saturated heterocycles. The van der Waals surface area contributed by atoms with Gasteiger partial charge in [0.05, 0.1) is 5.54 Å². The van der Waals surface area contributed by atoms with Crippen LogP contribution in [-0.2, 0) is 11.3 Å². The van der Waals surface area contributed by atoms with Gasteiger partial charge in [-0.25, -0.2) is 0 Å². The molecule has 2 N–H and O–H groups in total. The normalized spacial score (nSPS) is 11.5. The number of aromatic amines is 1. The van der Waals surface area contributed by atoms with Gasteiger partial charge in [0, 0.05) is 26.0 Å². The summed E-state index contributed by atoms with van der Waals surface area (Å²) >= 11 is 0. The lowest BCUT2D eigenvalue weighted by Gasteiger charge is -2.28. The van der Waals surface area contributed by atoms with Crippen molar-refractivity contribution in [3.8, 4) is 0 Å². The summed E-state index contributed by atoms with van der Waals surface area (Å²) in [5, 5.41) is 3.00. The highest BCUT2D eigenvalue weighted by atomic mass is 16.2. The van der Waals surface area contributed by atoms with E-state index < -0.39 is 5.54 Å². The quantitative estimate of drug-likeness (QED) is 0.776. The molecule has 0 spiro atoms. The van der Waals surface area contributed by atoms with Crippen molar-refractivity contribution in [3.63, 3.8) is 0 Å². The maximum absolute atomic E-state index is 12.0. The molecule has 4 nitrogen and oxygen atoms in total. The zero-order valence-electron chi connectivity index (χ0n) is 9.79. The van der Waals surface area contributed by atoms with E-state index >= 15 is 0 Å². The van der Waals surface area contributed by atoms with Crippen molar-refractivity contribution in [2.24, 2.45) is 0 Å². The van der Waals surface area contributed by atoms with E-state index in [0.29, 0.717) is 6.54 Å². The number of hydrogen-bond donors (Lipinski definition) is 2. The minimum atomic E-state index is -0.509. The second kappa shape index (κ2) is 4.49. The summed E-state index contributed by atoms with van der Waals surface area (Å²) in [7, 11) is 3.61. The van der Waals surface area contributed by atoms with Gasteiger partial charge >= 0.3 is 0 Å². The first-order chi connectivity index (χ1) is 6.97. The Balaban J connectivity index is 2.61. The molecule has 0 bridgehead atoms. The van der Waals surface area contributed by atoms with E-state index in [1.54, 1.807) is 11.9 Å². The van der Waals surface area contributed by atoms with Crippen LogP contribution in [0.4, 0.5) is 0 Å². The van der Waals surface area contributed by atoms with E-state index in [4.69, 9.17) is 0 Å². The van der Waals surface area contributed by atoms with Crippen LogP contribution in [0, 0.1) is 0 Å². The van der Waals surface area contributed by atoms with Crippen LogP contribution in [0.3, 0.4) is 0 Å². The van der Waals surface area contributed by atoms with Crippen molar-refractivity contribution in [3.05, 3.63) is 24.0 Å². The van der Waals surface area contributed by atoms with Crippen molar-refractivity contribution in [1.29, 1.82) is 0 Å². The first-order valence-corrected chi connectivity index (χ1v) is 5.03. The Morgan fingerprint density at radius 3 is 2.73 bits per heavy atom. The summed E-state index contributed by atoms with van der Waals surface area (Å²) in [5.41, 5.74) is 0.600. The maximum Gasteiger partial charge on any atom is 0.242 e. The Bertz CT molecular complexity index is 317. The number of amides is 1. The van der Waals surface area contributed by atoms with Crippen molar-refractivity contribution < 1.29 is 4.79 Å². The topological polar surface area (TPSA) is 48.1 Å². The van der Waals surface area contributed by atoms with Gasteiger partial charge < -0.3 is 15.2 Å². The molecule has 0 aliphatic rings. The Morgan fingerprint density at radius 2 is 2.27 bits per heavy atom. The molecule has 84 valence electrons. The lowest BCUT2D eigenvalue weighted by Crippen LogP contribution is -2.51. The minimum Gasteiger partial charge on any atom is -0.367 e. The van der Waals surface area contributed by atoms with E-state index in [9.17, 15) is 4.79 Å². The van der Waals surface area contributed by atoms with Gasteiger partial charge in [-0.1, -0.05) is 0 Å². The van der Waals surface area contributed by atoms with Crippen molar-refractivity contribution in [2.75, 3.05) is 14.1 Å². The molecule has 1 rings (SSSR count). The molecule has 1 heterocycles. The molecule has 0 radical (unpaired) electrons. The SMILES string of the molecule is CNC(C)(C)C(=O)N(C)Cc1cc[nH]c1. The number of aromatic nitrogens is 1. The molecule has 0 aromatic carbocycles. The summed E-state index contributed by atoms with van der Waals surface area (Å²) in [5.74, 6) is 0.0891. The maximum atomic E-state index is 12.0. The zero-order chi connectivity index (χ0) is 11.5. The monoisotopic (exact) mass is 209 g/mol. The van der Waals surface area contributed by atoms with Crippen LogP contribution in [0.5, 0.6) is 0 Å². The predicted octanol–water partition coefficient (Wildman–Crippen LogP) is 0.971. The summed E-state index contributed by atoms with van der Waals surface area (Å²) in [6, 6.07) is 1.97. The molecule has 1 amide bonds. The standard InChI is InChI=1S/C11H19N3O/c1-11(2,12-3)10(15)14(4)8-9-5-6-13-7-9/h5-7,12-13H,8H2,1-4H3. The van der Waals surface area contributed by atoms with Gasteiger partial charge in [0.1, 0.15) is 0 Å². The van der Waals surface area contributed by atoms with Crippen molar-refractivity contribution >= 4 is 5.91 Å². The van der Waals surface area contributed by atoms with Gasteiger partial charge in [0.2, 0.25) is 5.91 Å². The van der Waals surface area contributed by atoms with Crippen LogP contribution in [0.2, 0.25) is 0 Å². The zero-order valence-corrected chi connectivity index (χ0v) is 9.79. The first-order valence-electron chi connectivity index (χ1n) is 5.03. The summed E-state index contributed by atoms with van der Waals surface area (Å²) < 4.78 is 0. The van der Waals surface area contributed by atoms with Crippen molar-refractivity contribution in [2.45, 2.75) is 25.9 Å². The first kappa shape index (κ1) is 11.8. The molecule has 0 aliphatic carbocycles. The van der Waals surface area contributed by atoms with Gasteiger partial charge in [-0.15, -0.1) is 0 Å². The summed E-state index contributed by atoms with van der Waals surface area (Å²) in [6.45, 7) is 4.39. The number of H-pyrrole nitrogens is 1.